The molecule has 142 valence electrons. The van der Waals surface area contributed by atoms with Crippen LogP contribution in [0.3, 0.4) is 0 Å². The number of carbonyl (C=O) groups excluding carboxylic acids is 2. The van der Waals surface area contributed by atoms with Gasteiger partial charge in [0, 0.05) is 24.7 Å². The van der Waals surface area contributed by atoms with Gasteiger partial charge in [0.15, 0.2) is 0 Å². The number of rotatable bonds is 6. The first kappa shape index (κ1) is 19.3. The molecule has 5 heteroatoms. The molecule has 0 aliphatic heterocycles. The van der Waals surface area contributed by atoms with Crippen molar-refractivity contribution in [3.8, 4) is 11.1 Å². The number of hydrogen-bond acceptors (Lipinski definition) is 2. The van der Waals surface area contributed by atoms with Crippen LogP contribution in [0.15, 0.2) is 78.9 Å². The number of nitrogens with one attached hydrogen (secondary N) is 1. The molecule has 4 nitrogen and oxygen atoms in total. The highest BCUT2D eigenvalue weighted by atomic mass is 19.1. The van der Waals surface area contributed by atoms with Crippen LogP contribution in [0.4, 0.5) is 4.39 Å². The molecule has 3 aromatic carbocycles. The van der Waals surface area contributed by atoms with Crippen molar-refractivity contribution in [1.82, 2.24) is 10.2 Å². The molecule has 28 heavy (non-hydrogen) atoms. The van der Waals surface area contributed by atoms with Crippen molar-refractivity contribution >= 4 is 11.8 Å². The van der Waals surface area contributed by atoms with E-state index in [0.717, 1.165) is 11.1 Å². The van der Waals surface area contributed by atoms with Crippen molar-refractivity contribution in [2.45, 2.75) is 6.54 Å². The second-order valence-electron chi connectivity index (χ2n) is 6.47. The molecule has 0 unspecified atom stereocenters. The highest BCUT2D eigenvalue weighted by Gasteiger charge is 2.13. The van der Waals surface area contributed by atoms with E-state index in [1.807, 2.05) is 42.5 Å². The molecule has 0 aliphatic rings. The van der Waals surface area contributed by atoms with Gasteiger partial charge in [-0.05, 0) is 29.3 Å². The number of benzene rings is 3. The minimum atomic E-state index is -0.357. The zero-order chi connectivity index (χ0) is 19.9. The number of amides is 2. The first-order chi connectivity index (χ1) is 13.5. The standard InChI is InChI=1S/C23H21FN2O2/c1-26(16-20-9-5-6-10-21(20)24)22(27)15-25-23(28)19-13-11-18(12-14-19)17-7-3-2-4-8-17/h2-14H,15-16H2,1H3,(H,25,28). The Kier molecular flexibility index (Phi) is 6.17. The summed E-state index contributed by atoms with van der Waals surface area (Å²) in [7, 11) is 1.58. The summed E-state index contributed by atoms with van der Waals surface area (Å²) in [5.41, 5.74) is 2.99. The molecule has 0 aromatic heterocycles. The van der Waals surface area contributed by atoms with E-state index in [4.69, 9.17) is 0 Å². The number of nitrogens with zero attached hydrogens (tertiary/aromatic N) is 1. The first-order valence-corrected chi connectivity index (χ1v) is 8.95. The lowest BCUT2D eigenvalue weighted by molar-refractivity contribution is -0.129. The predicted molar refractivity (Wildman–Crippen MR) is 107 cm³/mol. The Labute approximate surface area is 163 Å². The summed E-state index contributed by atoms with van der Waals surface area (Å²) in [5.74, 6) is -0.977. The number of halogens is 1. The van der Waals surface area contributed by atoms with Crippen LogP contribution in [0.1, 0.15) is 15.9 Å². The van der Waals surface area contributed by atoms with Gasteiger partial charge in [-0.15, -0.1) is 0 Å². The molecule has 2 amide bonds. The van der Waals surface area contributed by atoms with Gasteiger partial charge in [-0.3, -0.25) is 9.59 Å². The van der Waals surface area contributed by atoms with E-state index < -0.39 is 0 Å². The zero-order valence-corrected chi connectivity index (χ0v) is 15.6. The van der Waals surface area contributed by atoms with Crippen molar-refractivity contribution in [2.24, 2.45) is 0 Å². The van der Waals surface area contributed by atoms with E-state index in [9.17, 15) is 14.0 Å². The van der Waals surface area contributed by atoms with Gasteiger partial charge in [-0.1, -0.05) is 60.7 Å². The molecular weight excluding hydrogens is 355 g/mol. The van der Waals surface area contributed by atoms with Gasteiger partial charge in [0.05, 0.1) is 6.54 Å². The Hall–Kier alpha value is -3.47. The highest BCUT2D eigenvalue weighted by molar-refractivity contribution is 5.96. The van der Waals surface area contributed by atoms with Gasteiger partial charge in [0.25, 0.3) is 5.91 Å². The van der Waals surface area contributed by atoms with Crippen LogP contribution >= 0.6 is 0 Å². The Balaban J connectivity index is 1.54. The van der Waals surface area contributed by atoms with Crippen molar-refractivity contribution in [3.63, 3.8) is 0 Å². The maximum Gasteiger partial charge on any atom is 0.251 e. The molecule has 0 fully saturated rings. The Morgan fingerprint density at radius 2 is 1.46 bits per heavy atom. The lowest BCUT2D eigenvalue weighted by Crippen LogP contribution is -2.37. The van der Waals surface area contributed by atoms with Gasteiger partial charge in [-0.2, -0.15) is 0 Å². The second-order valence-corrected chi connectivity index (χ2v) is 6.47. The summed E-state index contributed by atoms with van der Waals surface area (Å²) < 4.78 is 13.7. The van der Waals surface area contributed by atoms with Crippen LogP contribution in [0.25, 0.3) is 11.1 Å². The summed E-state index contributed by atoms with van der Waals surface area (Å²) in [6, 6.07) is 23.4. The smallest absolute Gasteiger partial charge is 0.251 e. The van der Waals surface area contributed by atoms with Gasteiger partial charge >= 0.3 is 0 Å². The molecule has 0 saturated heterocycles. The molecule has 0 aliphatic carbocycles. The van der Waals surface area contributed by atoms with E-state index in [1.165, 1.54) is 11.0 Å². The van der Waals surface area contributed by atoms with E-state index in [0.29, 0.717) is 11.1 Å². The summed E-state index contributed by atoms with van der Waals surface area (Å²) in [4.78, 5) is 25.9. The fraction of sp³-hybridized carbons (Fsp3) is 0.130. The average Bonchev–Trinajstić information content (AvgIpc) is 2.74. The summed E-state index contributed by atoms with van der Waals surface area (Å²) in [6.45, 7) is -0.00261. The van der Waals surface area contributed by atoms with Gasteiger partial charge in [0.1, 0.15) is 5.82 Å². The maximum absolute atomic E-state index is 13.7. The predicted octanol–water partition coefficient (Wildman–Crippen LogP) is 3.88. The van der Waals surface area contributed by atoms with Gasteiger partial charge < -0.3 is 10.2 Å². The molecule has 0 atom stereocenters. The molecular formula is C23H21FN2O2. The lowest BCUT2D eigenvalue weighted by atomic mass is 10.0. The molecule has 0 bridgehead atoms. The molecule has 3 rings (SSSR count). The van der Waals surface area contributed by atoms with Crippen LogP contribution in [-0.2, 0) is 11.3 Å². The number of hydrogen-bond donors (Lipinski definition) is 1. The van der Waals surface area contributed by atoms with Crippen LogP contribution in [-0.4, -0.2) is 30.3 Å². The third-order valence-corrected chi connectivity index (χ3v) is 4.45. The highest BCUT2D eigenvalue weighted by Crippen LogP contribution is 2.19. The molecule has 1 N–H and O–H groups in total. The zero-order valence-electron chi connectivity index (χ0n) is 15.6. The van der Waals surface area contributed by atoms with Crippen molar-refractivity contribution < 1.29 is 14.0 Å². The number of carbonyl (C=O) groups is 2. The first-order valence-electron chi connectivity index (χ1n) is 8.95. The Bertz CT molecular complexity index is 956. The van der Waals surface area contributed by atoms with E-state index in [2.05, 4.69) is 5.32 Å². The second kappa shape index (κ2) is 8.95. The third kappa shape index (κ3) is 4.82. The monoisotopic (exact) mass is 376 g/mol. The van der Waals surface area contributed by atoms with Crippen LogP contribution in [0, 0.1) is 5.82 Å². The average molecular weight is 376 g/mol. The van der Waals surface area contributed by atoms with Crippen molar-refractivity contribution in [3.05, 3.63) is 95.8 Å². The lowest BCUT2D eigenvalue weighted by Gasteiger charge is -2.18. The van der Waals surface area contributed by atoms with E-state index >= 15 is 0 Å². The normalized spacial score (nSPS) is 10.4. The SMILES string of the molecule is CN(Cc1ccccc1F)C(=O)CNC(=O)c1ccc(-c2ccccc2)cc1. The van der Waals surface area contributed by atoms with Crippen molar-refractivity contribution in [2.75, 3.05) is 13.6 Å². The number of likely N-dealkylation sites (N-methyl/N-ethyl adjacent to an activating group) is 1. The topological polar surface area (TPSA) is 49.4 Å². The molecule has 3 aromatic rings. The largest absolute Gasteiger partial charge is 0.343 e. The minimum Gasteiger partial charge on any atom is -0.343 e. The molecule has 0 heterocycles. The van der Waals surface area contributed by atoms with Crippen LogP contribution in [0.5, 0.6) is 0 Å². The van der Waals surface area contributed by atoms with Gasteiger partial charge in [0.2, 0.25) is 5.91 Å². The Morgan fingerprint density at radius 1 is 0.857 bits per heavy atom. The summed E-state index contributed by atoms with van der Waals surface area (Å²) in [6.07, 6.45) is 0. The summed E-state index contributed by atoms with van der Waals surface area (Å²) >= 11 is 0. The fourth-order valence-electron chi connectivity index (χ4n) is 2.81. The summed E-state index contributed by atoms with van der Waals surface area (Å²) in [5, 5.41) is 2.62. The quantitative estimate of drug-likeness (QED) is 0.710. The van der Waals surface area contributed by atoms with E-state index in [1.54, 1.807) is 37.4 Å². The van der Waals surface area contributed by atoms with Crippen molar-refractivity contribution in [1.29, 1.82) is 0 Å². The molecule has 0 saturated carbocycles. The van der Waals surface area contributed by atoms with Gasteiger partial charge in [-0.25, -0.2) is 4.39 Å². The minimum absolute atomic E-state index is 0.146. The van der Waals surface area contributed by atoms with E-state index in [-0.39, 0.29) is 30.7 Å². The molecule has 0 radical (unpaired) electrons. The fourth-order valence-corrected chi connectivity index (χ4v) is 2.81. The van der Waals surface area contributed by atoms with Crippen LogP contribution in [0.2, 0.25) is 0 Å². The Morgan fingerprint density at radius 3 is 2.14 bits per heavy atom. The van der Waals surface area contributed by atoms with Crippen LogP contribution < -0.4 is 5.32 Å². The third-order valence-electron chi connectivity index (χ3n) is 4.45. The molecule has 0 spiro atoms. The maximum atomic E-state index is 13.7.